The highest BCUT2D eigenvalue weighted by Crippen LogP contribution is 2.43. The monoisotopic (exact) mass is 565 g/mol. The molecule has 4 aliphatic rings. The van der Waals surface area contributed by atoms with Crippen molar-refractivity contribution >= 4 is 22.7 Å². The highest BCUT2D eigenvalue weighted by Gasteiger charge is 2.45. The van der Waals surface area contributed by atoms with Crippen molar-refractivity contribution in [1.82, 2.24) is 35.4 Å². The van der Waals surface area contributed by atoms with Crippen LogP contribution in [0.4, 0.5) is 11.6 Å². The highest BCUT2D eigenvalue weighted by molar-refractivity contribution is 5.86. The van der Waals surface area contributed by atoms with E-state index < -0.39 is 0 Å². The Labute approximate surface area is 246 Å². The number of benzene rings is 1. The number of aromatic amines is 1. The molecule has 1 aromatic carbocycles. The van der Waals surface area contributed by atoms with Gasteiger partial charge >= 0.3 is 0 Å². The van der Waals surface area contributed by atoms with Crippen LogP contribution in [0, 0.1) is 5.41 Å². The first-order chi connectivity index (χ1) is 20.6. The molecule has 2 unspecified atom stereocenters. The molecule has 0 saturated carbocycles. The molecule has 0 radical (unpaired) electrons. The van der Waals surface area contributed by atoms with Crippen molar-refractivity contribution in [2.24, 2.45) is 5.41 Å². The van der Waals surface area contributed by atoms with Crippen molar-refractivity contribution in [2.75, 3.05) is 55.6 Å². The first kappa shape index (κ1) is 25.9. The Kier molecular flexibility index (Phi) is 6.29. The number of piperidine rings is 1. The summed E-state index contributed by atoms with van der Waals surface area (Å²) in [7, 11) is 0. The second kappa shape index (κ2) is 10.2. The normalized spacial score (nSPS) is 25.1. The summed E-state index contributed by atoms with van der Waals surface area (Å²) in [4.78, 5) is 20.9. The van der Waals surface area contributed by atoms with Crippen molar-refractivity contribution in [3.63, 3.8) is 0 Å². The Bertz CT molecular complexity index is 1600. The Hall–Kier alpha value is -3.76. The minimum Gasteiger partial charge on any atom is -0.507 e. The predicted octanol–water partition coefficient (Wildman–Crippen LogP) is 3.90. The first-order valence-corrected chi connectivity index (χ1v) is 15.5. The summed E-state index contributed by atoms with van der Waals surface area (Å²) in [6, 6.07) is 10.1. The molecule has 1 spiro atoms. The van der Waals surface area contributed by atoms with Gasteiger partial charge in [-0.05, 0) is 70.4 Å². The Morgan fingerprint density at radius 2 is 1.79 bits per heavy atom. The smallest absolute Gasteiger partial charge is 0.225 e. The van der Waals surface area contributed by atoms with Gasteiger partial charge in [-0.2, -0.15) is 0 Å². The van der Waals surface area contributed by atoms with E-state index in [-0.39, 0.29) is 11.8 Å². The molecule has 3 N–H and O–H groups in total. The molecule has 42 heavy (non-hydrogen) atoms. The molecule has 8 rings (SSSR count). The maximum absolute atomic E-state index is 10.4. The van der Waals surface area contributed by atoms with E-state index in [4.69, 9.17) is 9.97 Å². The molecule has 3 aromatic heterocycles. The Balaban J connectivity index is 0.993. The van der Waals surface area contributed by atoms with E-state index in [1.165, 1.54) is 50.0 Å². The van der Waals surface area contributed by atoms with E-state index in [1.807, 2.05) is 36.7 Å². The average Bonchev–Trinajstić information content (AvgIpc) is 3.75. The molecule has 218 valence electrons. The van der Waals surface area contributed by atoms with Gasteiger partial charge in [0.2, 0.25) is 5.95 Å². The molecule has 2 atom stereocenters. The molecule has 0 aliphatic carbocycles. The molecule has 0 bridgehead atoms. The molecule has 0 amide bonds. The van der Waals surface area contributed by atoms with Gasteiger partial charge in [-0.15, -0.1) is 10.2 Å². The molecule has 3 saturated heterocycles. The number of phenols is 1. The third kappa shape index (κ3) is 4.39. The van der Waals surface area contributed by atoms with Gasteiger partial charge in [0.1, 0.15) is 5.75 Å². The Morgan fingerprint density at radius 3 is 2.62 bits per heavy atom. The molecule has 4 aromatic rings. The number of para-hydroxylation sites is 1. The summed E-state index contributed by atoms with van der Waals surface area (Å²) in [5, 5.41) is 23.8. The minimum atomic E-state index is 0.0734. The number of phenolic OH excluding ortho intramolecular Hbond substituents is 1. The lowest BCUT2D eigenvalue weighted by atomic mass is 9.86. The number of nitrogens with zero attached hydrogens (tertiary/aromatic N) is 7. The first-order valence-electron chi connectivity index (χ1n) is 15.5. The van der Waals surface area contributed by atoms with Crippen LogP contribution >= 0.6 is 0 Å². The van der Waals surface area contributed by atoms with Crippen molar-refractivity contribution in [2.45, 2.75) is 51.1 Å². The third-order valence-corrected chi connectivity index (χ3v) is 10.3. The van der Waals surface area contributed by atoms with Crippen LogP contribution in [-0.4, -0.2) is 87.0 Å². The standard InChI is InChI=1S/C32H39N9O/c1-21-29-25-16-27(24-4-2-3-5-28(24)42)37-38-30(25)36-26(29)8-13-41(21)31-34-17-23(18-35-31)40-15-10-32(20-40)9-14-39(19-32)22-6-11-33-12-7-22/h2-5,16-18,21-22,33,42H,6-15,19-20H2,1H3,(H,36,38). The van der Waals surface area contributed by atoms with E-state index >= 15 is 0 Å². The number of aromatic nitrogens is 5. The summed E-state index contributed by atoms with van der Waals surface area (Å²) in [6.07, 6.45) is 10.1. The van der Waals surface area contributed by atoms with E-state index in [2.05, 4.69) is 42.1 Å². The van der Waals surface area contributed by atoms with Gasteiger partial charge in [-0.1, -0.05) is 12.1 Å². The summed E-state index contributed by atoms with van der Waals surface area (Å²) in [6.45, 7) is 10.0. The van der Waals surface area contributed by atoms with Crippen LogP contribution in [0.3, 0.4) is 0 Å². The maximum atomic E-state index is 10.4. The van der Waals surface area contributed by atoms with Crippen LogP contribution in [0.15, 0.2) is 42.7 Å². The van der Waals surface area contributed by atoms with Gasteiger partial charge in [0.25, 0.3) is 0 Å². The van der Waals surface area contributed by atoms with Gasteiger partial charge in [0, 0.05) is 66.3 Å². The van der Waals surface area contributed by atoms with Gasteiger partial charge in [-0.25, -0.2) is 9.97 Å². The summed E-state index contributed by atoms with van der Waals surface area (Å²) >= 11 is 0. The number of nitrogens with one attached hydrogen (secondary N) is 2. The minimum absolute atomic E-state index is 0.0734. The molecule has 3 fully saturated rings. The van der Waals surface area contributed by atoms with Crippen LogP contribution in [0.1, 0.15) is 49.9 Å². The molecule has 10 nitrogen and oxygen atoms in total. The van der Waals surface area contributed by atoms with E-state index in [1.54, 1.807) is 6.07 Å². The Morgan fingerprint density at radius 1 is 0.976 bits per heavy atom. The van der Waals surface area contributed by atoms with E-state index in [9.17, 15) is 5.11 Å². The van der Waals surface area contributed by atoms with Crippen LogP contribution < -0.4 is 15.1 Å². The largest absolute Gasteiger partial charge is 0.507 e. The number of hydrogen-bond acceptors (Lipinski definition) is 9. The fourth-order valence-electron chi connectivity index (χ4n) is 7.98. The molecular weight excluding hydrogens is 526 g/mol. The van der Waals surface area contributed by atoms with Gasteiger partial charge in [0.05, 0.1) is 29.8 Å². The zero-order valence-corrected chi connectivity index (χ0v) is 24.3. The summed E-state index contributed by atoms with van der Waals surface area (Å²) in [5.41, 5.74) is 6.06. The third-order valence-electron chi connectivity index (χ3n) is 10.3. The van der Waals surface area contributed by atoms with Crippen molar-refractivity contribution in [3.8, 4) is 17.0 Å². The fraction of sp³-hybridized carbons (Fsp3) is 0.500. The zero-order chi connectivity index (χ0) is 28.3. The topological polar surface area (TPSA) is 109 Å². The molecule has 10 heteroatoms. The van der Waals surface area contributed by atoms with Crippen LogP contribution in [0.5, 0.6) is 5.75 Å². The van der Waals surface area contributed by atoms with E-state index in [0.29, 0.717) is 16.7 Å². The van der Waals surface area contributed by atoms with Crippen molar-refractivity contribution in [1.29, 1.82) is 0 Å². The summed E-state index contributed by atoms with van der Waals surface area (Å²) in [5.74, 6) is 0.968. The van der Waals surface area contributed by atoms with Crippen LogP contribution in [0.2, 0.25) is 0 Å². The number of hydrogen-bond donors (Lipinski definition) is 3. The van der Waals surface area contributed by atoms with Crippen molar-refractivity contribution in [3.05, 3.63) is 54.0 Å². The number of H-pyrrole nitrogens is 1. The van der Waals surface area contributed by atoms with Crippen LogP contribution in [-0.2, 0) is 6.42 Å². The quantitative estimate of drug-likeness (QED) is 0.339. The average molecular weight is 566 g/mol. The van der Waals surface area contributed by atoms with Gasteiger partial charge < -0.3 is 25.2 Å². The van der Waals surface area contributed by atoms with Gasteiger partial charge in [0.15, 0.2) is 5.65 Å². The lowest BCUT2D eigenvalue weighted by Crippen LogP contribution is -2.43. The van der Waals surface area contributed by atoms with Crippen LogP contribution in [0.25, 0.3) is 22.3 Å². The van der Waals surface area contributed by atoms with E-state index in [0.717, 1.165) is 67.9 Å². The maximum Gasteiger partial charge on any atom is 0.225 e. The second-order valence-corrected chi connectivity index (χ2v) is 12.8. The lowest BCUT2D eigenvalue weighted by molar-refractivity contribution is 0.177. The van der Waals surface area contributed by atoms with Gasteiger partial charge in [-0.3, -0.25) is 4.90 Å². The molecule has 7 heterocycles. The number of anilines is 2. The number of likely N-dealkylation sites (tertiary alicyclic amines) is 1. The zero-order valence-electron chi connectivity index (χ0n) is 24.3. The lowest BCUT2D eigenvalue weighted by Gasteiger charge is -2.34. The number of rotatable bonds is 4. The number of aromatic hydroxyl groups is 1. The number of fused-ring (bicyclic) bond motifs is 3. The second-order valence-electron chi connectivity index (χ2n) is 12.8. The van der Waals surface area contributed by atoms with Crippen molar-refractivity contribution < 1.29 is 5.11 Å². The fourth-order valence-corrected chi connectivity index (χ4v) is 7.98. The SMILES string of the molecule is CC1c2c([nH]c3nnc(-c4ccccc4O)cc23)CCN1c1ncc(N2CCC3(CCN(C4CCNCC4)C3)C2)cn1. The summed E-state index contributed by atoms with van der Waals surface area (Å²) < 4.78 is 0. The highest BCUT2D eigenvalue weighted by atomic mass is 16.3. The molecule has 4 aliphatic heterocycles. The predicted molar refractivity (Wildman–Crippen MR) is 164 cm³/mol. The molecular formula is C32H39N9O.